The van der Waals surface area contributed by atoms with Gasteiger partial charge in [-0.3, -0.25) is 4.68 Å². The Bertz CT molecular complexity index is 1070. The predicted octanol–water partition coefficient (Wildman–Crippen LogP) is 4.39. The Morgan fingerprint density at radius 1 is 1.32 bits per heavy atom. The second kappa shape index (κ2) is 6.48. The van der Waals surface area contributed by atoms with Crippen LogP contribution in [0.15, 0.2) is 24.5 Å². The minimum Gasteiger partial charge on any atom is -0.507 e. The zero-order valence-electron chi connectivity index (χ0n) is 14.9. The van der Waals surface area contributed by atoms with Crippen LogP contribution >= 0.6 is 0 Å². The van der Waals surface area contributed by atoms with Crippen LogP contribution < -0.4 is 0 Å². The normalized spacial score (nSPS) is 19.4. The molecule has 0 amide bonds. The van der Waals surface area contributed by atoms with E-state index in [-0.39, 0.29) is 22.9 Å². The summed E-state index contributed by atoms with van der Waals surface area (Å²) in [6.45, 7) is 1.48. The molecule has 0 aliphatic heterocycles. The number of rotatable bonds is 3. The molecule has 1 fully saturated rings. The van der Waals surface area contributed by atoms with Gasteiger partial charge < -0.3 is 5.11 Å². The van der Waals surface area contributed by atoms with E-state index in [0.29, 0.717) is 29.6 Å². The van der Waals surface area contributed by atoms with Gasteiger partial charge in [-0.25, -0.2) is 9.97 Å². The fourth-order valence-corrected chi connectivity index (χ4v) is 3.60. The van der Waals surface area contributed by atoms with Gasteiger partial charge in [0.1, 0.15) is 11.3 Å². The van der Waals surface area contributed by atoms with Crippen LogP contribution in [0.5, 0.6) is 5.75 Å². The van der Waals surface area contributed by atoms with Crippen molar-refractivity contribution in [3.05, 3.63) is 35.7 Å². The highest BCUT2D eigenvalue weighted by molar-refractivity contribution is 5.77. The van der Waals surface area contributed by atoms with Gasteiger partial charge in [-0.15, -0.1) is 0 Å². The molecule has 1 aliphatic rings. The first-order chi connectivity index (χ1) is 13.3. The number of nitrogens with zero attached hydrogens (tertiary/aromatic N) is 5. The van der Waals surface area contributed by atoms with E-state index in [2.05, 4.69) is 21.1 Å². The van der Waals surface area contributed by atoms with Crippen molar-refractivity contribution in [2.45, 2.75) is 38.4 Å². The molecular formula is C19H16F3N5O. The number of halogens is 3. The zero-order valence-corrected chi connectivity index (χ0v) is 14.9. The number of nitriles is 1. The van der Waals surface area contributed by atoms with E-state index in [9.17, 15) is 18.3 Å². The van der Waals surface area contributed by atoms with E-state index in [1.54, 1.807) is 10.9 Å². The lowest BCUT2D eigenvalue weighted by Gasteiger charge is -2.33. The average molecular weight is 387 g/mol. The summed E-state index contributed by atoms with van der Waals surface area (Å²) in [6.07, 6.45) is 0.925. The summed E-state index contributed by atoms with van der Waals surface area (Å²) >= 11 is 0. The molecule has 3 aromatic rings. The molecule has 2 aromatic heterocycles. The standard InChI is InChI=1S/C19H16F3N5O/c1-10-4-12(19(20,21)22)7-16(28)17(10)14-8-24-15-9-27(26-18(15)25-14)13-5-11(6-13)2-3-23/h4,7-9,11,13,28H,2,5-6H2,1H3. The summed E-state index contributed by atoms with van der Waals surface area (Å²) in [5.41, 5.74) is 0.726. The van der Waals surface area contributed by atoms with Gasteiger partial charge in [0, 0.05) is 12.0 Å². The third kappa shape index (κ3) is 3.15. The van der Waals surface area contributed by atoms with E-state index < -0.39 is 17.5 Å². The molecule has 28 heavy (non-hydrogen) atoms. The summed E-state index contributed by atoms with van der Waals surface area (Å²) in [4.78, 5) is 8.68. The molecule has 144 valence electrons. The lowest BCUT2D eigenvalue weighted by Crippen LogP contribution is -2.26. The van der Waals surface area contributed by atoms with E-state index in [4.69, 9.17) is 5.26 Å². The Morgan fingerprint density at radius 3 is 2.71 bits per heavy atom. The highest BCUT2D eigenvalue weighted by Crippen LogP contribution is 2.40. The second-order valence-electron chi connectivity index (χ2n) is 7.11. The molecule has 1 saturated carbocycles. The molecule has 0 atom stereocenters. The SMILES string of the molecule is Cc1cc(C(F)(F)F)cc(O)c1-c1cnc2cn(C3CC(CC#N)C3)nc2n1. The van der Waals surface area contributed by atoms with Crippen molar-refractivity contribution in [3.8, 4) is 23.1 Å². The van der Waals surface area contributed by atoms with Crippen molar-refractivity contribution >= 4 is 11.2 Å². The predicted molar refractivity (Wildman–Crippen MR) is 94.2 cm³/mol. The number of aromatic nitrogens is 4. The fraction of sp³-hybridized carbons (Fsp3) is 0.368. The Hall–Kier alpha value is -3.15. The number of aryl methyl sites for hydroxylation is 1. The third-order valence-corrected chi connectivity index (χ3v) is 5.11. The number of benzene rings is 1. The van der Waals surface area contributed by atoms with Gasteiger partial charge in [0.2, 0.25) is 0 Å². The minimum absolute atomic E-state index is 0.194. The van der Waals surface area contributed by atoms with Gasteiger partial charge in [0.15, 0.2) is 5.65 Å². The molecule has 0 unspecified atom stereocenters. The van der Waals surface area contributed by atoms with Gasteiger partial charge in [-0.1, -0.05) is 0 Å². The summed E-state index contributed by atoms with van der Waals surface area (Å²) in [5, 5.41) is 23.3. The van der Waals surface area contributed by atoms with Crippen LogP contribution in [0.2, 0.25) is 0 Å². The average Bonchev–Trinajstić information content (AvgIpc) is 2.98. The molecule has 6 nitrogen and oxygen atoms in total. The highest BCUT2D eigenvalue weighted by Gasteiger charge is 2.33. The number of alkyl halides is 3. The Balaban J connectivity index is 1.67. The van der Waals surface area contributed by atoms with Gasteiger partial charge in [-0.05, 0) is 43.4 Å². The molecule has 0 spiro atoms. The molecule has 1 aliphatic carbocycles. The zero-order chi connectivity index (χ0) is 20.1. The molecule has 1 aromatic carbocycles. The van der Waals surface area contributed by atoms with Crippen molar-refractivity contribution < 1.29 is 18.3 Å². The van der Waals surface area contributed by atoms with Crippen LogP contribution in [0.1, 0.15) is 36.4 Å². The quantitative estimate of drug-likeness (QED) is 0.720. The summed E-state index contributed by atoms with van der Waals surface area (Å²) < 4.78 is 40.5. The monoisotopic (exact) mass is 387 g/mol. The maximum atomic E-state index is 12.9. The smallest absolute Gasteiger partial charge is 0.416 e. The summed E-state index contributed by atoms with van der Waals surface area (Å²) in [6, 6.07) is 4.03. The highest BCUT2D eigenvalue weighted by atomic mass is 19.4. The fourth-order valence-electron chi connectivity index (χ4n) is 3.60. The van der Waals surface area contributed by atoms with Crippen LogP contribution in [0.25, 0.3) is 22.4 Å². The van der Waals surface area contributed by atoms with Gasteiger partial charge in [-0.2, -0.15) is 23.5 Å². The largest absolute Gasteiger partial charge is 0.507 e. The lowest BCUT2D eigenvalue weighted by atomic mass is 9.79. The molecule has 2 heterocycles. The first kappa shape index (κ1) is 18.2. The Kier molecular flexibility index (Phi) is 4.22. The number of aromatic hydroxyl groups is 1. The van der Waals surface area contributed by atoms with E-state index in [0.717, 1.165) is 18.9 Å². The second-order valence-corrected chi connectivity index (χ2v) is 7.11. The van der Waals surface area contributed by atoms with Gasteiger partial charge in [0.05, 0.1) is 35.8 Å². The maximum Gasteiger partial charge on any atom is 0.416 e. The van der Waals surface area contributed by atoms with Gasteiger partial charge >= 0.3 is 6.18 Å². The Labute approximate surface area is 158 Å². The molecule has 0 bridgehead atoms. The summed E-state index contributed by atoms with van der Waals surface area (Å²) in [5.74, 6) is -0.121. The number of hydrogen-bond acceptors (Lipinski definition) is 5. The molecular weight excluding hydrogens is 371 g/mol. The number of hydrogen-bond donors (Lipinski definition) is 1. The molecule has 9 heteroatoms. The van der Waals surface area contributed by atoms with Crippen LogP contribution in [0.4, 0.5) is 13.2 Å². The summed E-state index contributed by atoms with van der Waals surface area (Å²) in [7, 11) is 0. The van der Waals surface area contributed by atoms with Gasteiger partial charge in [0.25, 0.3) is 0 Å². The lowest BCUT2D eigenvalue weighted by molar-refractivity contribution is -0.137. The number of phenolic OH excluding ortho intramolecular Hbond substituents is 1. The molecule has 4 rings (SSSR count). The van der Waals surface area contributed by atoms with Crippen molar-refractivity contribution in [1.29, 1.82) is 5.26 Å². The molecule has 0 saturated heterocycles. The van der Waals surface area contributed by atoms with Crippen LogP contribution in [-0.4, -0.2) is 24.9 Å². The van der Waals surface area contributed by atoms with Crippen molar-refractivity contribution in [1.82, 2.24) is 19.7 Å². The van der Waals surface area contributed by atoms with Crippen LogP contribution in [0.3, 0.4) is 0 Å². The first-order valence-corrected chi connectivity index (χ1v) is 8.76. The minimum atomic E-state index is -4.54. The number of fused-ring (bicyclic) bond motifs is 1. The number of phenols is 1. The first-order valence-electron chi connectivity index (χ1n) is 8.76. The van der Waals surface area contributed by atoms with Crippen LogP contribution in [0, 0.1) is 24.2 Å². The molecule has 1 N–H and O–H groups in total. The topological polar surface area (TPSA) is 87.6 Å². The maximum absolute atomic E-state index is 12.9. The van der Waals surface area contributed by atoms with Crippen molar-refractivity contribution in [2.75, 3.05) is 0 Å². The van der Waals surface area contributed by atoms with Crippen molar-refractivity contribution in [2.24, 2.45) is 5.92 Å². The van der Waals surface area contributed by atoms with Crippen LogP contribution in [-0.2, 0) is 6.18 Å². The third-order valence-electron chi connectivity index (χ3n) is 5.11. The molecule has 0 radical (unpaired) electrons. The van der Waals surface area contributed by atoms with E-state index in [1.807, 2.05) is 0 Å². The van der Waals surface area contributed by atoms with E-state index in [1.165, 1.54) is 13.1 Å². The Morgan fingerprint density at radius 2 is 2.07 bits per heavy atom. The van der Waals surface area contributed by atoms with Crippen molar-refractivity contribution in [3.63, 3.8) is 0 Å². The van der Waals surface area contributed by atoms with E-state index >= 15 is 0 Å².